The number of ether oxygens (including phenoxy) is 1. The van der Waals surface area contributed by atoms with E-state index >= 15 is 0 Å². The van der Waals surface area contributed by atoms with E-state index in [1.54, 1.807) is 45.3 Å². The molecule has 3 aromatic rings. The predicted octanol–water partition coefficient (Wildman–Crippen LogP) is 2.81. The smallest absolute Gasteiger partial charge is 0.408 e. The SMILES string of the molecule is C=CC1CC1(NC(=O)[C@@H]1C[C@@H]2CN1C(=O)[C@H](C(C)(C)C)NC(=O)OC/C=C/CCN(C)c1cnn2c(=O)c1-c1cccc2ncccc12)C(=O)NS(=O)(=O)C1CC1. The molecule has 302 valence electrons. The number of pyridine rings is 1. The Bertz CT molecular complexity index is 2330. The highest BCUT2D eigenvalue weighted by molar-refractivity contribution is 7.91. The molecule has 5 aliphatic rings. The highest BCUT2D eigenvalue weighted by Gasteiger charge is 2.62. The zero-order valence-electron chi connectivity index (χ0n) is 32.4. The Balaban J connectivity index is 1.32. The number of anilines is 1. The summed E-state index contributed by atoms with van der Waals surface area (Å²) < 4.78 is 34.4. The van der Waals surface area contributed by atoms with Gasteiger partial charge in [-0.15, -0.1) is 6.58 Å². The van der Waals surface area contributed by atoms with Crippen molar-refractivity contribution in [3.8, 4) is 11.1 Å². The van der Waals surface area contributed by atoms with Crippen LogP contribution >= 0.6 is 0 Å². The number of carbonyl (C=O) groups excluding carboxylic acids is 4. The average molecular weight is 801 g/mol. The Morgan fingerprint density at radius 3 is 2.58 bits per heavy atom. The summed E-state index contributed by atoms with van der Waals surface area (Å²) >= 11 is 0. The van der Waals surface area contributed by atoms with Crippen molar-refractivity contribution < 1.29 is 32.3 Å². The molecule has 5 heterocycles. The number of rotatable bonds is 7. The van der Waals surface area contributed by atoms with Gasteiger partial charge in [0.1, 0.15) is 24.2 Å². The number of aromatic nitrogens is 3. The van der Waals surface area contributed by atoms with Crippen LogP contribution in [0, 0.1) is 11.3 Å². The largest absolute Gasteiger partial charge is 0.445 e. The van der Waals surface area contributed by atoms with Gasteiger partial charge in [-0.05, 0) is 48.8 Å². The van der Waals surface area contributed by atoms with Crippen molar-refractivity contribution in [2.24, 2.45) is 11.3 Å². The topological polar surface area (TPSA) is 202 Å². The van der Waals surface area contributed by atoms with E-state index in [0.717, 1.165) is 5.39 Å². The minimum Gasteiger partial charge on any atom is -0.445 e. The van der Waals surface area contributed by atoms with Crippen LogP contribution in [0.1, 0.15) is 58.9 Å². The van der Waals surface area contributed by atoms with Crippen LogP contribution in [0.4, 0.5) is 10.5 Å². The number of carbonyl (C=O) groups is 4. The van der Waals surface area contributed by atoms with Crippen molar-refractivity contribution in [1.29, 1.82) is 0 Å². The third-order valence-electron chi connectivity index (χ3n) is 11.3. The summed E-state index contributed by atoms with van der Waals surface area (Å²) in [5.74, 6) is -2.80. The standard InChI is InChI=1S/C40H48N8O8S/c1-6-24-21-40(24,37(52)45-57(54,55)26-15-16-26)44-34(49)30-20-25-23-47(30)36(51)33(39(2,3)4)43-38(53)56-19-9-7-8-18-46(5)31-22-42-48(25)35(50)32(31)28-12-10-14-29-27(28)13-11-17-41-29/h6-7,9-14,17,22,24-26,30,33H,1,8,15-16,18-21,23H2,2-5H3,(H,43,53)(H,44,49)(H,45,52)/b9-7+/t24?,25-,30+,33-,40?/m1/s1. The molecule has 3 aliphatic heterocycles. The molecule has 0 radical (unpaired) electrons. The fraction of sp³-hybridized carbons (Fsp3) is 0.475. The molecule has 17 heteroatoms. The first-order chi connectivity index (χ1) is 27.1. The van der Waals surface area contributed by atoms with Crippen LogP contribution in [-0.2, 0) is 29.1 Å². The Hall–Kier alpha value is -5.58. The average Bonchev–Trinajstić information content (AvgIpc) is 4.10. The lowest BCUT2D eigenvalue weighted by molar-refractivity contribution is -0.142. The Labute approximate surface area is 330 Å². The predicted molar refractivity (Wildman–Crippen MR) is 212 cm³/mol. The minimum absolute atomic E-state index is 0.0612. The van der Waals surface area contributed by atoms with Gasteiger partial charge in [0, 0.05) is 44.1 Å². The van der Waals surface area contributed by atoms with Gasteiger partial charge in [0.25, 0.3) is 11.5 Å². The quantitative estimate of drug-likeness (QED) is 0.297. The minimum atomic E-state index is -3.94. The van der Waals surface area contributed by atoms with Crippen LogP contribution in [0.5, 0.6) is 0 Å². The fourth-order valence-electron chi connectivity index (χ4n) is 7.76. The second-order valence-electron chi connectivity index (χ2n) is 16.3. The van der Waals surface area contributed by atoms with Crippen molar-refractivity contribution in [1.82, 2.24) is 35.0 Å². The summed E-state index contributed by atoms with van der Waals surface area (Å²) in [5.41, 5.74) is -0.685. The van der Waals surface area contributed by atoms with Gasteiger partial charge in [-0.3, -0.25) is 28.9 Å². The molecule has 1 aromatic carbocycles. The molecule has 3 N–H and O–H groups in total. The molecule has 0 spiro atoms. The molecular weight excluding hydrogens is 753 g/mol. The van der Waals surface area contributed by atoms with Gasteiger partial charge in [-0.1, -0.05) is 57.2 Å². The molecule has 2 unspecified atom stereocenters. The Kier molecular flexibility index (Phi) is 10.5. The van der Waals surface area contributed by atoms with Crippen molar-refractivity contribution >= 4 is 50.4 Å². The first-order valence-corrected chi connectivity index (χ1v) is 20.7. The van der Waals surface area contributed by atoms with Crippen molar-refractivity contribution in [3.63, 3.8) is 0 Å². The van der Waals surface area contributed by atoms with Crippen LogP contribution < -0.4 is 25.8 Å². The summed E-state index contributed by atoms with van der Waals surface area (Å²) in [5, 5.41) is 10.2. The van der Waals surface area contributed by atoms with Crippen LogP contribution in [-0.4, -0.2) is 102 Å². The van der Waals surface area contributed by atoms with Gasteiger partial charge < -0.3 is 25.2 Å². The number of fused-ring (bicyclic) bond motifs is 12. The van der Waals surface area contributed by atoms with Crippen LogP contribution in [0.25, 0.3) is 22.0 Å². The van der Waals surface area contributed by atoms with Crippen LogP contribution in [0.3, 0.4) is 0 Å². The van der Waals surface area contributed by atoms with Gasteiger partial charge in [0.2, 0.25) is 21.8 Å². The van der Waals surface area contributed by atoms with Gasteiger partial charge in [-0.25, -0.2) is 17.9 Å². The molecule has 8 rings (SSSR count). The number of amides is 4. The Morgan fingerprint density at radius 2 is 1.88 bits per heavy atom. The van der Waals surface area contributed by atoms with Crippen molar-refractivity contribution in [2.45, 2.75) is 81.8 Å². The number of benzene rings is 1. The highest BCUT2D eigenvalue weighted by Crippen LogP contribution is 2.46. The molecule has 4 bridgehead atoms. The van der Waals surface area contributed by atoms with E-state index in [0.29, 0.717) is 48.1 Å². The lowest BCUT2D eigenvalue weighted by Crippen LogP contribution is -2.60. The molecule has 3 fully saturated rings. The maximum atomic E-state index is 14.9. The van der Waals surface area contributed by atoms with E-state index in [4.69, 9.17) is 4.74 Å². The zero-order chi connectivity index (χ0) is 40.9. The highest BCUT2D eigenvalue weighted by atomic mass is 32.2. The number of alkyl carbamates (subject to hydrolysis) is 1. The van der Waals surface area contributed by atoms with Crippen LogP contribution in [0.15, 0.2) is 72.3 Å². The molecule has 2 aliphatic carbocycles. The molecule has 2 saturated carbocycles. The van der Waals surface area contributed by atoms with Gasteiger partial charge in [-0.2, -0.15) is 5.10 Å². The number of hydrogen-bond acceptors (Lipinski definition) is 11. The molecule has 57 heavy (non-hydrogen) atoms. The second kappa shape index (κ2) is 15.1. The molecule has 5 atom stereocenters. The normalized spacial score (nSPS) is 26.2. The molecular formula is C40H48N8O8S. The van der Waals surface area contributed by atoms with Gasteiger partial charge in [0.15, 0.2) is 0 Å². The number of hydrogen-bond donors (Lipinski definition) is 3. The maximum absolute atomic E-state index is 14.9. The zero-order valence-corrected chi connectivity index (χ0v) is 33.3. The summed E-state index contributed by atoms with van der Waals surface area (Å²) in [6.07, 6.45) is 8.93. The summed E-state index contributed by atoms with van der Waals surface area (Å²) in [6, 6.07) is 5.96. The molecule has 4 amide bonds. The Morgan fingerprint density at radius 1 is 1.11 bits per heavy atom. The summed E-state index contributed by atoms with van der Waals surface area (Å²) in [6.45, 7) is 9.34. The number of nitrogens with zero attached hydrogens (tertiary/aromatic N) is 5. The summed E-state index contributed by atoms with van der Waals surface area (Å²) in [7, 11) is -2.09. The van der Waals surface area contributed by atoms with E-state index in [1.165, 1.54) is 15.7 Å². The lowest BCUT2D eigenvalue weighted by atomic mass is 9.85. The monoisotopic (exact) mass is 800 g/mol. The third-order valence-corrected chi connectivity index (χ3v) is 13.1. The molecule has 1 saturated heterocycles. The van der Waals surface area contributed by atoms with E-state index in [1.807, 2.05) is 42.3 Å². The van der Waals surface area contributed by atoms with Crippen molar-refractivity contribution in [2.75, 3.05) is 31.6 Å². The van der Waals surface area contributed by atoms with Gasteiger partial charge >= 0.3 is 6.09 Å². The first-order valence-electron chi connectivity index (χ1n) is 19.1. The van der Waals surface area contributed by atoms with E-state index in [9.17, 15) is 32.4 Å². The maximum Gasteiger partial charge on any atom is 0.408 e. The van der Waals surface area contributed by atoms with Crippen LogP contribution in [0.2, 0.25) is 0 Å². The van der Waals surface area contributed by atoms with Crippen molar-refractivity contribution in [3.05, 3.63) is 77.9 Å². The third kappa shape index (κ3) is 7.76. The number of nitrogens with one attached hydrogen (secondary N) is 3. The first kappa shape index (κ1) is 39.6. The molecule has 16 nitrogen and oxygen atoms in total. The van der Waals surface area contributed by atoms with E-state index in [-0.39, 0.29) is 26.0 Å². The lowest BCUT2D eigenvalue weighted by Gasteiger charge is -2.35. The summed E-state index contributed by atoms with van der Waals surface area (Å²) in [4.78, 5) is 78.5. The van der Waals surface area contributed by atoms with E-state index in [2.05, 4.69) is 32.0 Å². The van der Waals surface area contributed by atoms with Gasteiger partial charge in [0.05, 0.1) is 34.3 Å². The fourth-order valence-corrected chi connectivity index (χ4v) is 9.12. The second-order valence-corrected chi connectivity index (χ2v) is 18.3. The molecule has 2 aromatic heterocycles. The number of sulfonamides is 1. The van der Waals surface area contributed by atoms with E-state index < -0.39 is 79.6 Å².